The van der Waals surface area contributed by atoms with Gasteiger partial charge in [0.15, 0.2) is 5.82 Å². The number of rotatable bonds is 1. The van der Waals surface area contributed by atoms with Crippen LogP contribution in [0.4, 0.5) is 5.82 Å². The molecule has 0 unspecified atom stereocenters. The summed E-state index contributed by atoms with van der Waals surface area (Å²) in [7, 11) is 0. The van der Waals surface area contributed by atoms with E-state index in [2.05, 4.69) is 9.97 Å². The van der Waals surface area contributed by atoms with Crippen LogP contribution in [0.1, 0.15) is 0 Å². The van der Waals surface area contributed by atoms with E-state index in [1.54, 1.807) is 30.5 Å². The van der Waals surface area contributed by atoms with Gasteiger partial charge in [0.1, 0.15) is 5.82 Å². The van der Waals surface area contributed by atoms with Crippen LogP contribution in [0.3, 0.4) is 0 Å². The lowest BCUT2D eigenvalue weighted by Crippen LogP contribution is -1.94. The molecule has 2 N–H and O–H groups in total. The summed E-state index contributed by atoms with van der Waals surface area (Å²) >= 11 is 11.9. The van der Waals surface area contributed by atoms with Gasteiger partial charge in [-0.15, -0.1) is 0 Å². The first-order valence-corrected chi connectivity index (χ1v) is 4.96. The topological polar surface area (TPSA) is 51.8 Å². The molecule has 0 amide bonds. The number of nitrogens with two attached hydrogens (primary N) is 1. The molecule has 0 bridgehead atoms. The van der Waals surface area contributed by atoms with Gasteiger partial charge in [-0.2, -0.15) is 0 Å². The highest BCUT2D eigenvalue weighted by Gasteiger charge is 2.07. The molecule has 0 aliphatic rings. The van der Waals surface area contributed by atoms with Crippen molar-refractivity contribution in [2.75, 3.05) is 5.73 Å². The summed E-state index contributed by atoms with van der Waals surface area (Å²) in [5.41, 5.74) is 6.23. The van der Waals surface area contributed by atoms with Gasteiger partial charge in [0, 0.05) is 16.8 Å². The molecule has 3 nitrogen and oxygen atoms in total. The first-order valence-electron chi connectivity index (χ1n) is 4.21. The number of anilines is 1. The van der Waals surface area contributed by atoms with Crippen molar-refractivity contribution in [3.8, 4) is 11.4 Å². The average Bonchev–Trinajstić information content (AvgIpc) is 2.22. The molecular weight excluding hydrogens is 233 g/mol. The van der Waals surface area contributed by atoms with Gasteiger partial charge in [-0.25, -0.2) is 9.97 Å². The second kappa shape index (κ2) is 4.04. The fourth-order valence-corrected chi connectivity index (χ4v) is 1.55. The SMILES string of the molecule is Nc1ccnc(-c2cc(Cl)ccc2Cl)n1. The van der Waals surface area contributed by atoms with Gasteiger partial charge in [0.25, 0.3) is 0 Å². The zero-order valence-electron chi connectivity index (χ0n) is 7.61. The fourth-order valence-electron chi connectivity index (χ4n) is 1.17. The van der Waals surface area contributed by atoms with E-state index >= 15 is 0 Å². The van der Waals surface area contributed by atoms with Crippen molar-refractivity contribution in [1.29, 1.82) is 0 Å². The van der Waals surface area contributed by atoms with E-state index in [0.29, 0.717) is 27.3 Å². The Morgan fingerprint density at radius 2 is 1.93 bits per heavy atom. The Morgan fingerprint density at radius 1 is 1.13 bits per heavy atom. The van der Waals surface area contributed by atoms with E-state index in [1.165, 1.54) is 0 Å². The maximum Gasteiger partial charge on any atom is 0.163 e. The molecule has 0 saturated carbocycles. The van der Waals surface area contributed by atoms with E-state index in [9.17, 15) is 0 Å². The predicted molar refractivity (Wildman–Crippen MR) is 61.9 cm³/mol. The second-order valence-electron chi connectivity index (χ2n) is 2.93. The Kier molecular flexibility index (Phi) is 2.75. The molecule has 0 fully saturated rings. The lowest BCUT2D eigenvalue weighted by Gasteiger charge is -2.03. The minimum atomic E-state index is 0.399. The van der Waals surface area contributed by atoms with Gasteiger partial charge >= 0.3 is 0 Å². The minimum absolute atomic E-state index is 0.399. The molecule has 2 rings (SSSR count). The van der Waals surface area contributed by atoms with Gasteiger partial charge in [-0.05, 0) is 24.3 Å². The standard InChI is InChI=1S/C10H7Cl2N3/c11-6-1-2-8(12)7(5-6)10-14-4-3-9(13)15-10/h1-5H,(H2,13,14,15). The third kappa shape index (κ3) is 2.19. The third-order valence-electron chi connectivity index (χ3n) is 1.85. The van der Waals surface area contributed by atoms with E-state index in [0.717, 1.165) is 0 Å². The summed E-state index contributed by atoms with van der Waals surface area (Å²) < 4.78 is 0. The van der Waals surface area contributed by atoms with Crippen LogP contribution in [-0.4, -0.2) is 9.97 Å². The number of hydrogen-bond acceptors (Lipinski definition) is 3. The molecule has 0 atom stereocenters. The molecule has 1 aromatic heterocycles. The van der Waals surface area contributed by atoms with E-state index < -0.39 is 0 Å². The average molecular weight is 240 g/mol. The molecule has 0 aliphatic carbocycles. The largest absolute Gasteiger partial charge is 0.384 e. The Balaban J connectivity index is 2.58. The first kappa shape index (κ1) is 10.2. The van der Waals surface area contributed by atoms with Crippen LogP contribution in [0.5, 0.6) is 0 Å². The molecule has 1 aromatic carbocycles. The molecule has 0 aliphatic heterocycles. The Labute approximate surface area is 96.9 Å². The Morgan fingerprint density at radius 3 is 2.67 bits per heavy atom. The summed E-state index contributed by atoms with van der Waals surface area (Å²) in [6.45, 7) is 0. The molecule has 1 heterocycles. The molecule has 5 heteroatoms. The third-order valence-corrected chi connectivity index (χ3v) is 2.41. The van der Waals surface area contributed by atoms with Gasteiger partial charge in [-0.1, -0.05) is 23.2 Å². The van der Waals surface area contributed by atoms with Crippen LogP contribution < -0.4 is 5.73 Å². The summed E-state index contributed by atoms with van der Waals surface area (Å²) in [5, 5.41) is 1.13. The van der Waals surface area contributed by atoms with Crippen molar-refractivity contribution in [2.45, 2.75) is 0 Å². The van der Waals surface area contributed by atoms with Gasteiger partial charge in [0.2, 0.25) is 0 Å². The van der Waals surface area contributed by atoms with Crippen molar-refractivity contribution in [1.82, 2.24) is 9.97 Å². The van der Waals surface area contributed by atoms with Crippen molar-refractivity contribution in [2.24, 2.45) is 0 Å². The van der Waals surface area contributed by atoms with Crippen LogP contribution in [-0.2, 0) is 0 Å². The zero-order chi connectivity index (χ0) is 10.8. The van der Waals surface area contributed by atoms with Crippen LogP contribution in [0.15, 0.2) is 30.5 Å². The molecule has 0 radical (unpaired) electrons. The highest BCUT2D eigenvalue weighted by molar-refractivity contribution is 6.35. The summed E-state index contributed by atoms with van der Waals surface area (Å²) in [6.07, 6.45) is 1.58. The lowest BCUT2D eigenvalue weighted by molar-refractivity contribution is 1.18. The van der Waals surface area contributed by atoms with Crippen LogP contribution in [0.25, 0.3) is 11.4 Å². The number of halogens is 2. The minimum Gasteiger partial charge on any atom is -0.384 e. The van der Waals surface area contributed by atoms with Crippen LogP contribution >= 0.6 is 23.2 Å². The molecule has 2 aromatic rings. The van der Waals surface area contributed by atoms with E-state index in [-0.39, 0.29) is 0 Å². The monoisotopic (exact) mass is 239 g/mol. The zero-order valence-corrected chi connectivity index (χ0v) is 9.13. The molecule has 15 heavy (non-hydrogen) atoms. The summed E-state index contributed by atoms with van der Waals surface area (Å²) in [4.78, 5) is 8.15. The van der Waals surface area contributed by atoms with Gasteiger partial charge < -0.3 is 5.73 Å². The number of nitrogen functional groups attached to an aromatic ring is 1. The maximum atomic E-state index is 6.00. The molecular formula is C10H7Cl2N3. The first-order chi connectivity index (χ1) is 7.16. The Hall–Kier alpha value is -1.32. The maximum absolute atomic E-state index is 6.00. The summed E-state index contributed by atoms with van der Waals surface area (Å²) in [5.74, 6) is 0.874. The summed E-state index contributed by atoms with van der Waals surface area (Å²) in [6, 6.07) is 6.73. The number of benzene rings is 1. The fraction of sp³-hybridized carbons (Fsp3) is 0. The van der Waals surface area contributed by atoms with E-state index in [1.807, 2.05) is 0 Å². The normalized spacial score (nSPS) is 10.3. The quantitative estimate of drug-likeness (QED) is 0.833. The van der Waals surface area contributed by atoms with Crippen molar-refractivity contribution in [3.05, 3.63) is 40.5 Å². The van der Waals surface area contributed by atoms with Crippen molar-refractivity contribution >= 4 is 29.0 Å². The van der Waals surface area contributed by atoms with Gasteiger partial charge in [0.05, 0.1) is 5.02 Å². The molecule has 76 valence electrons. The van der Waals surface area contributed by atoms with Gasteiger partial charge in [-0.3, -0.25) is 0 Å². The number of nitrogens with zero attached hydrogens (tertiary/aromatic N) is 2. The highest BCUT2D eigenvalue weighted by atomic mass is 35.5. The molecule has 0 saturated heterocycles. The van der Waals surface area contributed by atoms with E-state index in [4.69, 9.17) is 28.9 Å². The van der Waals surface area contributed by atoms with Crippen LogP contribution in [0.2, 0.25) is 10.0 Å². The number of hydrogen-bond donors (Lipinski definition) is 1. The smallest absolute Gasteiger partial charge is 0.163 e. The Bertz CT molecular complexity index is 500. The van der Waals surface area contributed by atoms with Crippen molar-refractivity contribution < 1.29 is 0 Å². The second-order valence-corrected chi connectivity index (χ2v) is 3.77. The number of aromatic nitrogens is 2. The molecule has 0 spiro atoms. The predicted octanol–water partition coefficient (Wildman–Crippen LogP) is 3.03. The highest BCUT2D eigenvalue weighted by Crippen LogP contribution is 2.28. The van der Waals surface area contributed by atoms with Crippen LogP contribution in [0, 0.1) is 0 Å². The lowest BCUT2D eigenvalue weighted by atomic mass is 10.2. The van der Waals surface area contributed by atoms with Crippen molar-refractivity contribution in [3.63, 3.8) is 0 Å².